The van der Waals surface area contributed by atoms with E-state index in [9.17, 15) is 0 Å². The number of hydrogen-bond acceptors (Lipinski definition) is 2. The van der Waals surface area contributed by atoms with E-state index in [1.807, 2.05) is 0 Å². The van der Waals surface area contributed by atoms with Crippen molar-refractivity contribution >= 4 is 11.6 Å². The van der Waals surface area contributed by atoms with Crippen molar-refractivity contribution in [1.29, 1.82) is 0 Å². The van der Waals surface area contributed by atoms with E-state index in [0.29, 0.717) is 12.1 Å². The van der Waals surface area contributed by atoms with Gasteiger partial charge in [0.2, 0.25) is 0 Å². The van der Waals surface area contributed by atoms with Gasteiger partial charge in [-0.05, 0) is 46.1 Å². The summed E-state index contributed by atoms with van der Waals surface area (Å²) in [7, 11) is 0. The van der Waals surface area contributed by atoms with Crippen LogP contribution < -0.4 is 0 Å². The van der Waals surface area contributed by atoms with Gasteiger partial charge in [-0.1, -0.05) is 0 Å². The largest absolute Gasteiger partial charge is 0.378 e. The van der Waals surface area contributed by atoms with Gasteiger partial charge in [0.1, 0.15) is 0 Å². The molecule has 3 heteroatoms. The maximum absolute atomic E-state index is 5.73. The average molecular weight is 234 g/mol. The second-order valence-corrected chi connectivity index (χ2v) is 4.97. The summed E-state index contributed by atoms with van der Waals surface area (Å²) in [6, 6.07) is 0.620. The van der Waals surface area contributed by atoms with E-state index in [-0.39, 0.29) is 0 Å². The minimum atomic E-state index is 0.516. The molecule has 0 aliphatic carbocycles. The van der Waals surface area contributed by atoms with E-state index in [4.69, 9.17) is 16.3 Å². The van der Waals surface area contributed by atoms with Crippen LogP contribution in [-0.2, 0) is 4.74 Å². The molecule has 0 bridgehead atoms. The van der Waals surface area contributed by atoms with Crippen LogP contribution in [0.3, 0.4) is 0 Å². The van der Waals surface area contributed by atoms with Crippen LogP contribution in [-0.4, -0.2) is 42.6 Å². The molecule has 15 heavy (non-hydrogen) atoms. The second kappa shape index (κ2) is 7.48. The SMILES string of the molecule is CC(C)N(CCCCl)CCC1CCCO1. The Morgan fingerprint density at radius 3 is 2.73 bits per heavy atom. The molecule has 1 saturated heterocycles. The third-order valence-corrected chi connectivity index (χ3v) is 3.34. The molecule has 1 fully saturated rings. The fourth-order valence-electron chi connectivity index (χ4n) is 2.07. The predicted molar refractivity (Wildman–Crippen MR) is 65.6 cm³/mol. The Balaban J connectivity index is 2.17. The van der Waals surface area contributed by atoms with Crippen molar-refractivity contribution in [1.82, 2.24) is 4.90 Å². The highest BCUT2D eigenvalue weighted by atomic mass is 35.5. The highest BCUT2D eigenvalue weighted by molar-refractivity contribution is 6.17. The molecule has 0 aromatic carbocycles. The molecule has 0 saturated carbocycles. The summed E-state index contributed by atoms with van der Waals surface area (Å²) in [5.74, 6) is 0.767. The quantitative estimate of drug-likeness (QED) is 0.627. The van der Waals surface area contributed by atoms with Gasteiger partial charge in [-0.3, -0.25) is 0 Å². The van der Waals surface area contributed by atoms with Gasteiger partial charge in [-0.15, -0.1) is 11.6 Å². The third kappa shape index (κ3) is 5.19. The van der Waals surface area contributed by atoms with Crippen molar-refractivity contribution in [3.05, 3.63) is 0 Å². The zero-order chi connectivity index (χ0) is 11.1. The molecule has 1 atom stereocenters. The smallest absolute Gasteiger partial charge is 0.0588 e. The average Bonchev–Trinajstić information content (AvgIpc) is 2.70. The lowest BCUT2D eigenvalue weighted by atomic mass is 10.1. The second-order valence-electron chi connectivity index (χ2n) is 4.60. The molecule has 1 aliphatic heterocycles. The first-order chi connectivity index (χ1) is 7.24. The van der Waals surface area contributed by atoms with Crippen molar-refractivity contribution in [2.24, 2.45) is 0 Å². The zero-order valence-electron chi connectivity index (χ0n) is 10.0. The van der Waals surface area contributed by atoms with Crippen molar-refractivity contribution in [2.45, 2.75) is 51.7 Å². The molecule has 0 amide bonds. The fourth-order valence-corrected chi connectivity index (χ4v) is 2.19. The fraction of sp³-hybridized carbons (Fsp3) is 1.00. The number of nitrogens with zero attached hydrogens (tertiary/aromatic N) is 1. The molecule has 1 aliphatic rings. The Labute approximate surface area is 98.9 Å². The number of hydrogen-bond donors (Lipinski definition) is 0. The van der Waals surface area contributed by atoms with E-state index in [1.165, 1.54) is 19.3 Å². The lowest BCUT2D eigenvalue weighted by Crippen LogP contribution is -2.34. The third-order valence-electron chi connectivity index (χ3n) is 3.07. The number of ether oxygens (including phenoxy) is 1. The van der Waals surface area contributed by atoms with Crippen LogP contribution in [0.1, 0.15) is 39.5 Å². The van der Waals surface area contributed by atoms with Gasteiger partial charge < -0.3 is 9.64 Å². The summed E-state index contributed by atoms with van der Waals surface area (Å²) in [5.41, 5.74) is 0. The monoisotopic (exact) mass is 233 g/mol. The molecule has 0 aromatic rings. The van der Waals surface area contributed by atoms with Crippen molar-refractivity contribution in [3.8, 4) is 0 Å². The van der Waals surface area contributed by atoms with Gasteiger partial charge >= 0.3 is 0 Å². The van der Waals surface area contributed by atoms with Gasteiger partial charge in [-0.25, -0.2) is 0 Å². The van der Waals surface area contributed by atoms with Gasteiger partial charge in [0.25, 0.3) is 0 Å². The van der Waals surface area contributed by atoms with Crippen LogP contribution in [0.2, 0.25) is 0 Å². The molecule has 0 N–H and O–H groups in total. The van der Waals surface area contributed by atoms with E-state index in [0.717, 1.165) is 32.0 Å². The molecular weight excluding hydrogens is 210 g/mol. The summed E-state index contributed by atoms with van der Waals surface area (Å²) in [6.07, 6.45) is 5.28. The minimum Gasteiger partial charge on any atom is -0.378 e. The van der Waals surface area contributed by atoms with Crippen LogP contribution in [0.4, 0.5) is 0 Å². The highest BCUT2D eigenvalue weighted by Crippen LogP contribution is 2.16. The highest BCUT2D eigenvalue weighted by Gasteiger charge is 2.17. The first-order valence-corrected chi connectivity index (χ1v) is 6.69. The Morgan fingerprint density at radius 1 is 1.40 bits per heavy atom. The maximum atomic E-state index is 5.73. The van der Waals surface area contributed by atoms with Gasteiger partial charge in [-0.2, -0.15) is 0 Å². The Hall–Kier alpha value is 0.210. The molecule has 1 heterocycles. The van der Waals surface area contributed by atoms with E-state index in [1.54, 1.807) is 0 Å². The number of halogens is 1. The molecule has 1 unspecified atom stereocenters. The van der Waals surface area contributed by atoms with Crippen LogP contribution in [0.5, 0.6) is 0 Å². The maximum Gasteiger partial charge on any atom is 0.0588 e. The van der Waals surface area contributed by atoms with Gasteiger partial charge in [0.15, 0.2) is 0 Å². The lowest BCUT2D eigenvalue weighted by Gasteiger charge is -2.27. The number of rotatable bonds is 7. The summed E-state index contributed by atoms with van der Waals surface area (Å²) in [6.45, 7) is 7.74. The normalized spacial score (nSPS) is 21.8. The summed E-state index contributed by atoms with van der Waals surface area (Å²) in [4.78, 5) is 2.50. The predicted octanol–water partition coefficient (Wildman–Crippen LogP) is 2.89. The first-order valence-electron chi connectivity index (χ1n) is 6.15. The number of alkyl halides is 1. The molecule has 0 spiro atoms. The van der Waals surface area contributed by atoms with Crippen molar-refractivity contribution < 1.29 is 4.74 Å². The molecule has 1 rings (SSSR count). The minimum absolute atomic E-state index is 0.516. The first kappa shape index (κ1) is 13.3. The Bertz CT molecular complexity index is 158. The summed E-state index contributed by atoms with van der Waals surface area (Å²) < 4.78 is 5.63. The van der Waals surface area contributed by atoms with Gasteiger partial charge in [0.05, 0.1) is 6.10 Å². The molecule has 90 valence electrons. The van der Waals surface area contributed by atoms with Crippen molar-refractivity contribution in [3.63, 3.8) is 0 Å². The van der Waals surface area contributed by atoms with E-state index in [2.05, 4.69) is 18.7 Å². The topological polar surface area (TPSA) is 12.5 Å². The Morgan fingerprint density at radius 2 is 2.20 bits per heavy atom. The van der Waals surface area contributed by atoms with E-state index >= 15 is 0 Å². The zero-order valence-corrected chi connectivity index (χ0v) is 10.8. The lowest BCUT2D eigenvalue weighted by molar-refractivity contribution is 0.0871. The molecule has 0 radical (unpaired) electrons. The summed E-state index contributed by atoms with van der Waals surface area (Å²) >= 11 is 5.73. The standard InChI is InChI=1S/C12H24ClNO/c1-11(2)14(8-4-7-13)9-6-12-5-3-10-15-12/h11-12H,3-10H2,1-2H3. The van der Waals surface area contributed by atoms with Crippen LogP contribution in [0.25, 0.3) is 0 Å². The summed E-state index contributed by atoms with van der Waals surface area (Å²) in [5, 5.41) is 0. The van der Waals surface area contributed by atoms with E-state index < -0.39 is 0 Å². The Kier molecular flexibility index (Phi) is 6.62. The van der Waals surface area contributed by atoms with Crippen LogP contribution in [0, 0.1) is 0 Å². The molecular formula is C12H24ClNO. The molecule has 0 aromatic heterocycles. The van der Waals surface area contributed by atoms with Crippen molar-refractivity contribution in [2.75, 3.05) is 25.6 Å². The van der Waals surface area contributed by atoms with Crippen LogP contribution >= 0.6 is 11.6 Å². The molecule has 2 nitrogen and oxygen atoms in total. The van der Waals surface area contributed by atoms with Crippen LogP contribution in [0.15, 0.2) is 0 Å². The van der Waals surface area contributed by atoms with Gasteiger partial charge in [0, 0.05) is 25.1 Å².